The van der Waals surface area contributed by atoms with E-state index in [1.807, 2.05) is 0 Å². The van der Waals surface area contributed by atoms with Crippen LogP contribution in [0.5, 0.6) is 5.75 Å². The standard InChI is InChI=1S/C22H23NO7/c1-9(24)14-19(27)17(23(2)3)12-8-11-7-10-5-4-6-13(25)15(10)18(26)16(11)21(29)22(12,30)20(14)28/h4-6,11-12,17,25,27,29-30H,7-8H2,1-3H3/t11?,12?,17-,22+/m0/s1. The summed E-state index contributed by atoms with van der Waals surface area (Å²) in [4.78, 5) is 40.0. The van der Waals surface area contributed by atoms with Gasteiger partial charge in [0, 0.05) is 11.5 Å². The first kappa shape index (κ1) is 20.3. The zero-order valence-electron chi connectivity index (χ0n) is 16.8. The summed E-state index contributed by atoms with van der Waals surface area (Å²) in [6.07, 6.45) is 0.445. The number of phenols is 1. The lowest BCUT2D eigenvalue weighted by atomic mass is 9.58. The summed E-state index contributed by atoms with van der Waals surface area (Å²) in [7, 11) is 3.26. The second-order valence-electron chi connectivity index (χ2n) is 8.47. The van der Waals surface area contributed by atoms with Gasteiger partial charge in [-0.3, -0.25) is 19.3 Å². The summed E-state index contributed by atoms with van der Waals surface area (Å²) in [5, 5.41) is 43.4. The van der Waals surface area contributed by atoms with Gasteiger partial charge < -0.3 is 20.4 Å². The average molecular weight is 413 g/mol. The first-order valence-electron chi connectivity index (χ1n) is 9.68. The molecule has 0 bridgehead atoms. The van der Waals surface area contributed by atoms with E-state index in [-0.39, 0.29) is 23.3 Å². The first-order chi connectivity index (χ1) is 14.0. The maximum absolute atomic E-state index is 13.2. The Morgan fingerprint density at radius 2 is 1.83 bits per heavy atom. The molecule has 8 heteroatoms. The third-order valence-corrected chi connectivity index (χ3v) is 6.57. The van der Waals surface area contributed by atoms with Crippen molar-refractivity contribution in [1.82, 2.24) is 4.90 Å². The molecule has 0 fully saturated rings. The minimum atomic E-state index is -2.52. The lowest BCUT2D eigenvalue weighted by molar-refractivity contribution is -0.148. The number of likely N-dealkylation sites (N-methyl/N-ethyl adjacent to an activating group) is 1. The summed E-state index contributed by atoms with van der Waals surface area (Å²) in [5.74, 6) is -5.48. The molecular formula is C22H23NO7. The monoisotopic (exact) mass is 413 g/mol. The molecular weight excluding hydrogens is 390 g/mol. The van der Waals surface area contributed by atoms with E-state index in [9.17, 15) is 34.8 Å². The van der Waals surface area contributed by atoms with Gasteiger partial charge in [0.15, 0.2) is 17.2 Å². The lowest BCUT2D eigenvalue weighted by Crippen LogP contribution is -2.63. The molecule has 0 spiro atoms. The SMILES string of the molecule is CC(=O)C1=C(O)[C@@H](N(C)C)C2CC3Cc4cccc(O)c4C(=O)C3=C(O)[C@]2(O)C1=O. The molecule has 3 aliphatic rings. The van der Waals surface area contributed by atoms with Crippen LogP contribution in [0.15, 0.2) is 40.9 Å². The Balaban J connectivity index is 1.97. The highest BCUT2D eigenvalue weighted by Gasteiger charge is 2.62. The third-order valence-electron chi connectivity index (χ3n) is 6.57. The van der Waals surface area contributed by atoms with Gasteiger partial charge in [-0.15, -0.1) is 0 Å². The highest BCUT2D eigenvalue weighted by molar-refractivity contribution is 6.25. The van der Waals surface area contributed by atoms with Gasteiger partial charge in [-0.1, -0.05) is 12.1 Å². The fraction of sp³-hybridized carbons (Fsp3) is 0.409. The normalized spacial score (nSPS) is 30.9. The van der Waals surface area contributed by atoms with Crippen LogP contribution in [-0.2, 0) is 16.0 Å². The van der Waals surface area contributed by atoms with Gasteiger partial charge in [0.05, 0.1) is 11.6 Å². The van der Waals surface area contributed by atoms with Crippen molar-refractivity contribution in [3.63, 3.8) is 0 Å². The van der Waals surface area contributed by atoms with Gasteiger partial charge in [-0.2, -0.15) is 0 Å². The van der Waals surface area contributed by atoms with Gasteiger partial charge in [-0.25, -0.2) is 0 Å². The molecule has 30 heavy (non-hydrogen) atoms. The summed E-state index contributed by atoms with van der Waals surface area (Å²) >= 11 is 0. The second-order valence-corrected chi connectivity index (χ2v) is 8.47. The average Bonchev–Trinajstić information content (AvgIpc) is 2.64. The molecule has 0 heterocycles. The van der Waals surface area contributed by atoms with Crippen LogP contribution in [0.1, 0.15) is 29.3 Å². The number of ketones is 3. The van der Waals surface area contributed by atoms with Crippen molar-refractivity contribution in [2.24, 2.45) is 11.8 Å². The number of phenolic OH excluding ortho intramolecular Hbond substituents is 1. The van der Waals surface area contributed by atoms with Crippen LogP contribution in [0.4, 0.5) is 0 Å². The Morgan fingerprint density at radius 1 is 1.17 bits per heavy atom. The number of aliphatic hydroxyl groups is 3. The predicted molar refractivity (Wildman–Crippen MR) is 105 cm³/mol. The van der Waals surface area contributed by atoms with E-state index >= 15 is 0 Å². The van der Waals surface area contributed by atoms with E-state index in [0.717, 1.165) is 6.92 Å². The molecule has 2 unspecified atom stereocenters. The highest BCUT2D eigenvalue weighted by Crippen LogP contribution is 2.52. The molecule has 4 N–H and O–H groups in total. The van der Waals surface area contributed by atoms with Gasteiger partial charge in [0.2, 0.25) is 5.78 Å². The number of aromatic hydroxyl groups is 1. The quantitative estimate of drug-likeness (QED) is 0.532. The molecule has 0 radical (unpaired) electrons. The Morgan fingerprint density at radius 3 is 2.43 bits per heavy atom. The molecule has 3 aliphatic carbocycles. The fourth-order valence-corrected chi connectivity index (χ4v) is 5.29. The first-order valence-corrected chi connectivity index (χ1v) is 9.68. The maximum atomic E-state index is 13.2. The summed E-state index contributed by atoms with van der Waals surface area (Å²) in [6.45, 7) is 1.09. The van der Waals surface area contributed by atoms with Crippen LogP contribution in [0, 0.1) is 11.8 Å². The Hall–Kier alpha value is -2.97. The number of hydrogen-bond acceptors (Lipinski definition) is 8. The van der Waals surface area contributed by atoms with Crippen LogP contribution >= 0.6 is 0 Å². The van der Waals surface area contributed by atoms with Crippen molar-refractivity contribution in [2.75, 3.05) is 14.1 Å². The van der Waals surface area contributed by atoms with Gasteiger partial charge in [-0.05, 0) is 51.4 Å². The molecule has 158 valence electrons. The number of allylic oxidation sites excluding steroid dienone is 1. The van der Waals surface area contributed by atoms with Gasteiger partial charge >= 0.3 is 0 Å². The third kappa shape index (κ3) is 2.44. The predicted octanol–water partition coefficient (Wildman–Crippen LogP) is 1.22. The van der Waals surface area contributed by atoms with Crippen LogP contribution < -0.4 is 0 Å². The van der Waals surface area contributed by atoms with E-state index in [1.54, 1.807) is 31.1 Å². The molecule has 1 aromatic rings. The van der Waals surface area contributed by atoms with Crippen LogP contribution in [0.25, 0.3) is 0 Å². The number of hydrogen-bond donors (Lipinski definition) is 4. The number of benzene rings is 1. The van der Waals surface area contributed by atoms with Crippen molar-refractivity contribution in [3.05, 3.63) is 52.0 Å². The summed E-state index contributed by atoms with van der Waals surface area (Å²) < 4.78 is 0. The highest BCUT2D eigenvalue weighted by atomic mass is 16.3. The minimum absolute atomic E-state index is 0.0370. The van der Waals surface area contributed by atoms with Crippen molar-refractivity contribution in [1.29, 1.82) is 0 Å². The van der Waals surface area contributed by atoms with Gasteiger partial charge in [0.1, 0.15) is 22.8 Å². The zero-order chi connectivity index (χ0) is 22.1. The van der Waals surface area contributed by atoms with E-state index < -0.39 is 57.9 Å². The zero-order valence-corrected chi connectivity index (χ0v) is 16.8. The number of Topliss-reactive ketones (excluding diaryl/α,β-unsaturated/α-hetero) is 3. The van der Waals surface area contributed by atoms with Crippen molar-refractivity contribution in [2.45, 2.75) is 31.4 Å². The second kappa shape index (κ2) is 6.52. The van der Waals surface area contributed by atoms with Crippen LogP contribution in [0.2, 0.25) is 0 Å². The molecule has 0 saturated heterocycles. The smallest absolute Gasteiger partial charge is 0.209 e. The van der Waals surface area contributed by atoms with E-state index in [2.05, 4.69) is 0 Å². The largest absolute Gasteiger partial charge is 0.510 e. The Kier molecular flexibility index (Phi) is 4.41. The number of fused-ring (bicyclic) bond motifs is 3. The molecule has 0 aliphatic heterocycles. The fourth-order valence-electron chi connectivity index (χ4n) is 5.29. The number of rotatable bonds is 2. The minimum Gasteiger partial charge on any atom is -0.510 e. The Bertz CT molecular complexity index is 1070. The number of aliphatic hydroxyl groups excluding tert-OH is 2. The number of nitrogens with zero attached hydrogens (tertiary/aromatic N) is 1. The molecule has 0 aromatic heterocycles. The molecule has 0 amide bonds. The van der Waals surface area contributed by atoms with Crippen LogP contribution in [-0.4, -0.2) is 68.4 Å². The van der Waals surface area contributed by atoms with Crippen LogP contribution in [0.3, 0.4) is 0 Å². The van der Waals surface area contributed by atoms with Crippen molar-refractivity contribution >= 4 is 17.3 Å². The van der Waals surface area contributed by atoms with Crippen molar-refractivity contribution in [3.8, 4) is 5.75 Å². The molecule has 1 aromatic carbocycles. The topological polar surface area (TPSA) is 135 Å². The van der Waals surface area contributed by atoms with Gasteiger partial charge in [0.25, 0.3) is 0 Å². The van der Waals surface area contributed by atoms with E-state index in [1.165, 1.54) is 6.07 Å². The number of carbonyl (C=O) groups is 3. The maximum Gasteiger partial charge on any atom is 0.209 e. The molecule has 8 nitrogen and oxygen atoms in total. The molecule has 4 atom stereocenters. The van der Waals surface area contributed by atoms with Crippen molar-refractivity contribution < 1.29 is 34.8 Å². The Labute approximate surface area is 172 Å². The summed E-state index contributed by atoms with van der Waals surface area (Å²) in [5.41, 5.74) is -2.58. The van der Waals surface area contributed by atoms with E-state index in [0.29, 0.717) is 12.0 Å². The number of carbonyl (C=O) groups excluding carboxylic acids is 3. The summed E-state index contributed by atoms with van der Waals surface area (Å²) in [6, 6.07) is 3.78. The van der Waals surface area contributed by atoms with E-state index in [4.69, 9.17) is 0 Å². The molecule has 0 saturated carbocycles. The molecule has 4 rings (SSSR count). The lowest BCUT2D eigenvalue weighted by Gasteiger charge is -2.50.